The van der Waals surface area contributed by atoms with Crippen molar-refractivity contribution in [2.45, 2.75) is 18.3 Å². The lowest BCUT2D eigenvalue weighted by molar-refractivity contribution is -0.132. The number of amides is 3. The van der Waals surface area contributed by atoms with Gasteiger partial charge in [-0.05, 0) is 35.7 Å². The van der Waals surface area contributed by atoms with Gasteiger partial charge < -0.3 is 14.5 Å². The SMILES string of the molecule is COC(=O)c1cccc2c1CN(C(=O)CN1C(=O)C3SCCN3C(=O)c3ccccc31)CC2. The average molecular weight is 466 g/mol. The van der Waals surface area contributed by atoms with Gasteiger partial charge >= 0.3 is 5.97 Å². The van der Waals surface area contributed by atoms with Gasteiger partial charge in [0.15, 0.2) is 5.37 Å². The number of hydrogen-bond acceptors (Lipinski definition) is 6. The molecule has 0 spiro atoms. The third-order valence-corrected chi connectivity index (χ3v) is 7.57. The largest absolute Gasteiger partial charge is 0.465 e. The van der Waals surface area contributed by atoms with Crippen molar-refractivity contribution in [1.29, 1.82) is 0 Å². The first-order valence-electron chi connectivity index (χ1n) is 10.8. The van der Waals surface area contributed by atoms with Crippen LogP contribution in [0.4, 0.5) is 5.69 Å². The van der Waals surface area contributed by atoms with Crippen LogP contribution in [0.1, 0.15) is 31.8 Å². The Bertz CT molecular complexity index is 1170. The summed E-state index contributed by atoms with van der Waals surface area (Å²) in [6, 6.07) is 12.4. The van der Waals surface area contributed by atoms with E-state index in [1.54, 1.807) is 40.1 Å². The number of carbonyl (C=O) groups excluding carboxylic acids is 4. The standard InChI is InChI=1S/C24H23N3O5S/c1-32-24(31)16-7-4-5-15-9-10-25(13-18(15)16)20(28)14-27-19-8-3-2-6-17(19)21(29)26-11-12-33-23(26)22(27)30/h2-8,23H,9-14H2,1H3. The zero-order valence-electron chi connectivity index (χ0n) is 18.2. The molecule has 3 aliphatic rings. The van der Waals surface area contributed by atoms with Crippen molar-refractivity contribution in [2.24, 2.45) is 0 Å². The molecule has 2 aromatic carbocycles. The molecule has 3 amide bonds. The molecule has 170 valence electrons. The fraction of sp³-hybridized carbons (Fsp3) is 0.333. The lowest BCUT2D eigenvalue weighted by Crippen LogP contribution is -2.48. The van der Waals surface area contributed by atoms with Crippen LogP contribution in [0.2, 0.25) is 0 Å². The quantitative estimate of drug-likeness (QED) is 0.644. The maximum atomic E-state index is 13.4. The Morgan fingerprint density at radius 1 is 1.09 bits per heavy atom. The fourth-order valence-electron chi connectivity index (χ4n) is 4.67. The van der Waals surface area contributed by atoms with Crippen molar-refractivity contribution in [1.82, 2.24) is 9.80 Å². The summed E-state index contributed by atoms with van der Waals surface area (Å²) in [4.78, 5) is 56.8. The second-order valence-electron chi connectivity index (χ2n) is 8.16. The molecule has 9 heteroatoms. The summed E-state index contributed by atoms with van der Waals surface area (Å²) in [5, 5.41) is -0.620. The molecule has 0 N–H and O–H groups in total. The number of esters is 1. The average Bonchev–Trinajstić information content (AvgIpc) is 3.32. The lowest BCUT2D eigenvalue weighted by atomic mass is 9.94. The van der Waals surface area contributed by atoms with Crippen molar-refractivity contribution in [3.63, 3.8) is 0 Å². The molecule has 1 saturated heterocycles. The molecule has 33 heavy (non-hydrogen) atoms. The third-order valence-electron chi connectivity index (χ3n) is 6.38. The zero-order chi connectivity index (χ0) is 23.1. The second-order valence-corrected chi connectivity index (χ2v) is 9.35. The number of methoxy groups -OCH3 is 1. The first-order chi connectivity index (χ1) is 16.0. The van der Waals surface area contributed by atoms with Gasteiger partial charge in [0, 0.05) is 25.4 Å². The molecule has 3 aliphatic heterocycles. The van der Waals surface area contributed by atoms with Crippen LogP contribution in [0.15, 0.2) is 42.5 Å². The Morgan fingerprint density at radius 2 is 1.91 bits per heavy atom. The molecule has 0 bridgehead atoms. The van der Waals surface area contributed by atoms with E-state index in [1.165, 1.54) is 23.8 Å². The molecule has 1 fully saturated rings. The maximum Gasteiger partial charge on any atom is 0.338 e. The lowest BCUT2D eigenvalue weighted by Gasteiger charge is -2.32. The number of rotatable bonds is 3. The molecule has 2 aromatic rings. The van der Waals surface area contributed by atoms with Crippen LogP contribution < -0.4 is 4.90 Å². The zero-order valence-corrected chi connectivity index (χ0v) is 19.0. The minimum absolute atomic E-state index is 0.163. The molecule has 1 unspecified atom stereocenters. The molecule has 0 saturated carbocycles. The van der Waals surface area contributed by atoms with E-state index in [0.29, 0.717) is 42.1 Å². The Hall–Kier alpha value is -3.33. The van der Waals surface area contributed by atoms with Crippen LogP contribution in [-0.2, 0) is 27.3 Å². The van der Waals surface area contributed by atoms with Gasteiger partial charge in [-0.25, -0.2) is 4.79 Å². The summed E-state index contributed by atoms with van der Waals surface area (Å²) >= 11 is 1.42. The number of hydrogen-bond donors (Lipinski definition) is 0. The number of thioether (sulfide) groups is 1. The molecule has 0 aromatic heterocycles. The van der Waals surface area contributed by atoms with E-state index in [4.69, 9.17) is 4.74 Å². The minimum atomic E-state index is -0.620. The molecule has 3 heterocycles. The van der Waals surface area contributed by atoms with Crippen molar-refractivity contribution < 1.29 is 23.9 Å². The van der Waals surface area contributed by atoms with Gasteiger partial charge in [0.2, 0.25) is 5.91 Å². The van der Waals surface area contributed by atoms with E-state index in [-0.39, 0.29) is 30.8 Å². The maximum absolute atomic E-state index is 13.4. The van der Waals surface area contributed by atoms with Crippen LogP contribution in [0.3, 0.4) is 0 Å². The Balaban J connectivity index is 1.43. The van der Waals surface area contributed by atoms with Gasteiger partial charge in [-0.1, -0.05) is 24.3 Å². The highest BCUT2D eigenvalue weighted by molar-refractivity contribution is 8.00. The van der Waals surface area contributed by atoms with Crippen LogP contribution in [-0.4, -0.2) is 71.4 Å². The number of ether oxygens (including phenoxy) is 1. The first-order valence-corrected chi connectivity index (χ1v) is 11.8. The smallest absolute Gasteiger partial charge is 0.338 e. The van der Waals surface area contributed by atoms with Gasteiger partial charge in [-0.2, -0.15) is 0 Å². The third kappa shape index (κ3) is 3.66. The van der Waals surface area contributed by atoms with E-state index < -0.39 is 11.3 Å². The molecule has 0 aliphatic carbocycles. The summed E-state index contributed by atoms with van der Waals surface area (Å²) in [6.45, 7) is 1.11. The number of fused-ring (bicyclic) bond motifs is 3. The number of para-hydroxylation sites is 1. The highest BCUT2D eigenvalue weighted by Gasteiger charge is 2.43. The van der Waals surface area contributed by atoms with Gasteiger partial charge in [0.1, 0.15) is 6.54 Å². The normalized spacial score (nSPS) is 19.5. The minimum Gasteiger partial charge on any atom is -0.465 e. The monoisotopic (exact) mass is 465 g/mol. The Labute approximate surface area is 195 Å². The Kier molecular flexibility index (Phi) is 5.57. The van der Waals surface area contributed by atoms with E-state index in [9.17, 15) is 19.2 Å². The van der Waals surface area contributed by atoms with Crippen molar-refractivity contribution in [3.8, 4) is 0 Å². The Morgan fingerprint density at radius 3 is 2.73 bits per heavy atom. The van der Waals surface area contributed by atoms with Crippen LogP contribution in [0.25, 0.3) is 0 Å². The van der Waals surface area contributed by atoms with Crippen LogP contribution in [0, 0.1) is 0 Å². The van der Waals surface area contributed by atoms with E-state index in [1.807, 2.05) is 12.1 Å². The summed E-state index contributed by atoms with van der Waals surface area (Å²) in [6.07, 6.45) is 0.612. The highest BCUT2D eigenvalue weighted by Crippen LogP contribution is 2.35. The molecule has 8 nitrogen and oxygen atoms in total. The molecule has 0 radical (unpaired) electrons. The topological polar surface area (TPSA) is 87.2 Å². The van der Waals surface area contributed by atoms with Crippen LogP contribution in [0.5, 0.6) is 0 Å². The van der Waals surface area contributed by atoms with E-state index >= 15 is 0 Å². The summed E-state index contributed by atoms with van der Waals surface area (Å²) in [5.74, 6) is -0.414. The number of anilines is 1. The van der Waals surface area contributed by atoms with Crippen molar-refractivity contribution in [2.75, 3.05) is 37.4 Å². The second kappa shape index (κ2) is 8.55. The van der Waals surface area contributed by atoms with Gasteiger partial charge in [0.25, 0.3) is 11.8 Å². The van der Waals surface area contributed by atoms with E-state index in [2.05, 4.69) is 0 Å². The molecular formula is C24H23N3O5S. The van der Waals surface area contributed by atoms with Gasteiger partial charge in [-0.15, -0.1) is 11.8 Å². The van der Waals surface area contributed by atoms with Crippen molar-refractivity contribution >= 4 is 41.1 Å². The molecule has 5 rings (SSSR count). The van der Waals surface area contributed by atoms with E-state index in [0.717, 1.165) is 11.1 Å². The first kappa shape index (κ1) is 21.5. The number of nitrogens with zero attached hydrogens (tertiary/aromatic N) is 3. The highest BCUT2D eigenvalue weighted by atomic mass is 32.2. The summed E-state index contributed by atoms with van der Waals surface area (Å²) < 4.78 is 4.90. The van der Waals surface area contributed by atoms with Crippen molar-refractivity contribution in [3.05, 3.63) is 64.7 Å². The predicted octanol–water partition coefficient (Wildman–Crippen LogP) is 1.92. The van der Waals surface area contributed by atoms with Crippen LogP contribution >= 0.6 is 11.8 Å². The molecular weight excluding hydrogens is 442 g/mol. The summed E-state index contributed by atoms with van der Waals surface area (Å²) in [5.41, 5.74) is 3.14. The van der Waals surface area contributed by atoms with Gasteiger partial charge in [-0.3, -0.25) is 19.3 Å². The predicted molar refractivity (Wildman–Crippen MR) is 123 cm³/mol. The molecule has 1 atom stereocenters. The number of benzene rings is 2. The fourth-order valence-corrected chi connectivity index (χ4v) is 5.85. The number of carbonyl (C=O) groups is 4. The van der Waals surface area contributed by atoms with Gasteiger partial charge in [0.05, 0.1) is 23.9 Å². The summed E-state index contributed by atoms with van der Waals surface area (Å²) in [7, 11) is 1.33.